The van der Waals surface area contributed by atoms with E-state index in [-0.39, 0.29) is 5.96 Å². The number of amides is 2. The Morgan fingerprint density at radius 3 is 3.00 bits per heavy atom. The molecule has 0 unspecified atom stereocenters. The molecule has 15 heavy (non-hydrogen) atoms. The number of hydrogen-bond acceptors (Lipinski definition) is 6. The van der Waals surface area contributed by atoms with Gasteiger partial charge in [0.15, 0.2) is 5.03 Å². The maximum Gasteiger partial charge on any atom is 0.408 e. The summed E-state index contributed by atoms with van der Waals surface area (Å²) in [7, 11) is 0. The molecule has 0 spiro atoms. The number of nitro groups is 1. The first-order chi connectivity index (χ1) is 7.15. The van der Waals surface area contributed by atoms with E-state index in [0.29, 0.717) is 17.2 Å². The molecule has 80 valence electrons. The van der Waals surface area contributed by atoms with E-state index in [4.69, 9.17) is 0 Å². The van der Waals surface area contributed by atoms with Crippen molar-refractivity contribution in [3.05, 3.63) is 22.0 Å². The first kappa shape index (κ1) is 9.24. The minimum absolute atomic E-state index is 0.107. The molecule has 2 aliphatic rings. The summed E-state index contributed by atoms with van der Waals surface area (Å²) in [5, 5.41) is 17.3. The average molecular weight is 212 g/mol. The molecular formula is C6H8N6O3. The van der Waals surface area contributed by atoms with Gasteiger partial charge in [0.25, 0.3) is 5.96 Å². The lowest BCUT2D eigenvalue weighted by atomic mass is 10.3. The summed E-state index contributed by atoms with van der Waals surface area (Å²) < 4.78 is 0. The van der Waals surface area contributed by atoms with Crippen molar-refractivity contribution >= 4 is 12.0 Å². The molecular weight excluding hydrogens is 204 g/mol. The Bertz CT molecular complexity index is 388. The number of hydrogen-bond donors (Lipinski definition) is 2. The fraction of sp³-hybridized carbons (Fsp3) is 0.333. The minimum atomic E-state index is -0.832. The highest BCUT2D eigenvalue weighted by Gasteiger charge is 2.45. The van der Waals surface area contributed by atoms with Gasteiger partial charge in [-0.05, 0) is 6.42 Å². The summed E-state index contributed by atoms with van der Waals surface area (Å²) in [6.07, 6.45) is 2.03. The van der Waals surface area contributed by atoms with Crippen LogP contribution < -0.4 is 10.7 Å². The van der Waals surface area contributed by atoms with Crippen molar-refractivity contribution in [2.24, 2.45) is 5.10 Å². The van der Waals surface area contributed by atoms with Gasteiger partial charge in [0.1, 0.15) is 0 Å². The second kappa shape index (κ2) is 3.12. The minimum Gasteiger partial charge on any atom is -0.280 e. The highest BCUT2D eigenvalue weighted by Crippen LogP contribution is 2.19. The smallest absolute Gasteiger partial charge is 0.280 e. The number of guanidine groups is 1. The Balaban J connectivity index is 2.38. The monoisotopic (exact) mass is 212 g/mol. The number of carbonyl (C=O) groups excluding carboxylic acids is 1. The van der Waals surface area contributed by atoms with Gasteiger partial charge in [-0.3, -0.25) is 10.7 Å². The first-order valence-corrected chi connectivity index (χ1v) is 4.23. The molecule has 2 N–H and O–H groups in total. The second-order valence-corrected chi connectivity index (χ2v) is 2.82. The molecule has 2 heterocycles. The SMILES string of the molecule is CCC1=CNN=C2NC(=O)N([N+](=O)[O-])N12. The van der Waals surface area contributed by atoms with Crippen molar-refractivity contribution in [1.82, 2.24) is 20.9 Å². The predicted molar refractivity (Wildman–Crippen MR) is 48.1 cm³/mol. The zero-order chi connectivity index (χ0) is 11.0. The van der Waals surface area contributed by atoms with Crippen LogP contribution in [0.2, 0.25) is 0 Å². The third kappa shape index (κ3) is 1.24. The quantitative estimate of drug-likeness (QED) is 0.476. The van der Waals surface area contributed by atoms with Gasteiger partial charge in [-0.1, -0.05) is 6.92 Å². The summed E-state index contributed by atoms with van der Waals surface area (Å²) in [6, 6.07) is -0.832. The van der Waals surface area contributed by atoms with E-state index in [1.807, 2.05) is 6.92 Å². The predicted octanol–water partition coefficient (Wildman–Crippen LogP) is -0.454. The molecule has 2 aliphatic heterocycles. The lowest BCUT2D eigenvalue weighted by Crippen LogP contribution is -2.45. The van der Waals surface area contributed by atoms with Gasteiger partial charge in [0.2, 0.25) is 0 Å². The number of hydrazone groups is 1. The first-order valence-electron chi connectivity index (χ1n) is 4.23. The van der Waals surface area contributed by atoms with Crippen LogP contribution in [0, 0.1) is 10.1 Å². The van der Waals surface area contributed by atoms with Crippen LogP contribution in [0.1, 0.15) is 13.3 Å². The van der Waals surface area contributed by atoms with E-state index in [1.54, 1.807) is 0 Å². The second-order valence-electron chi connectivity index (χ2n) is 2.82. The number of fused-ring (bicyclic) bond motifs is 1. The van der Waals surface area contributed by atoms with Gasteiger partial charge in [-0.25, -0.2) is 14.9 Å². The van der Waals surface area contributed by atoms with E-state index in [0.717, 1.165) is 5.01 Å². The molecule has 0 atom stereocenters. The number of nitrogens with zero attached hydrogens (tertiary/aromatic N) is 4. The third-order valence-electron chi connectivity index (χ3n) is 1.98. The topological polar surface area (TPSA) is 103 Å². The highest BCUT2D eigenvalue weighted by atomic mass is 16.7. The van der Waals surface area contributed by atoms with Crippen molar-refractivity contribution in [2.75, 3.05) is 0 Å². The van der Waals surface area contributed by atoms with Crippen molar-refractivity contribution in [1.29, 1.82) is 0 Å². The molecule has 9 nitrogen and oxygen atoms in total. The van der Waals surface area contributed by atoms with Gasteiger partial charge in [-0.2, -0.15) is 5.01 Å². The van der Waals surface area contributed by atoms with Crippen LogP contribution in [0.15, 0.2) is 17.0 Å². The molecule has 0 aromatic carbocycles. The third-order valence-corrected chi connectivity index (χ3v) is 1.98. The Morgan fingerprint density at radius 1 is 1.67 bits per heavy atom. The van der Waals surface area contributed by atoms with E-state index in [2.05, 4.69) is 15.8 Å². The number of hydrazine groups is 2. The summed E-state index contributed by atoms with van der Waals surface area (Å²) >= 11 is 0. The molecule has 0 aromatic heterocycles. The molecule has 2 rings (SSSR count). The van der Waals surface area contributed by atoms with Gasteiger partial charge in [0, 0.05) is 6.20 Å². The summed E-state index contributed by atoms with van der Waals surface area (Å²) in [5.41, 5.74) is 3.14. The molecule has 0 bridgehead atoms. The lowest BCUT2D eigenvalue weighted by Gasteiger charge is -2.23. The molecule has 9 heteroatoms. The standard InChI is InChI=1S/C6H8N6O3/c1-2-4-3-7-9-5-8-6(13)11(10(4)5)12(14)15/h3,7H,2H2,1H3,(H,8,9,13). The number of allylic oxidation sites excluding steroid dienone is 1. The lowest BCUT2D eigenvalue weighted by molar-refractivity contribution is -0.662. The fourth-order valence-electron chi connectivity index (χ4n) is 1.34. The molecule has 2 amide bonds. The number of urea groups is 1. The van der Waals surface area contributed by atoms with Crippen LogP contribution in [-0.4, -0.2) is 27.1 Å². The maximum absolute atomic E-state index is 11.2. The average Bonchev–Trinajstić information content (AvgIpc) is 2.53. The summed E-state index contributed by atoms with van der Waals surface area (Å²) in [6.45, 7) is 1.82. The Kier molecular flexibility index (Phi) is 1.92. The van der Waals surface area contributed by atoms with Crippen molar-refractivity contribution in [3.63, 3.8) is 0 Å². The van der Waals surface area contributed by atoms with Crippen molar-refractivity contribution < 1.29 is 9.83 Å². The van der Waals surface area contributed by atoms with Gasteiger partial charge < -0.3 is 0 Å². The molecule has 0 aromatic rings. The fourth-order valence-corrected chi connectivity index (χ4v) is 1.34. The zero-order valence-corrected chi connectivity index (χ0v) is 7.80. The van der Waals surface area contributed by atoms with Gasteiger partial charge in [-0.15, -0.1) is 5.10 Å². The van der Waals surface area contributed by atoms with Crippen LogP contribution in [0.4, 0.5) is 4.79 Å². The van der Waals surface area contributed by atoms with E-state index in [1.165, 1.54) is 6.20 Å². The molecule has 1 fully saturated rings. The van der Waals surface area contributed by atoms with E-state index >= 15 is 0 Å². The van der Waals surface area contributed by atoms with E-state index in [9.17, 15) is 14.9 Å². The Morgan fingerprint density at radius 2 is 2.40 bits per heavy atom. The normalized spacial score (nSPS) is 18.9. The number of carbonyl (C=O) groups is 1. The van der Waals surface area contributed by atoms with E-state index < -0.39 is 11.1 Å². The van der Waals surface area contributed by atoms with Crippen molar-refractivity contribution in [3.8, 4) is 0 Å². The number of rotatable bonds is 2. The maximum atomic E-state index is 11.2. The Labute approximate surface area is 84.1 Å². The van der Waals surface area contributed by atoms with Crippen LogP contribution in [0.5, 0.6) is 0 Å². The number of nitrogens with one attached hydrogen (secondary N) is 2. The van der Waals surface area contributed by atoms with Crippen LogP contribution in [0.3, 0.4) is 0 Å². The molecule has 0 saturated carbocycles. The van der Waals surface area contributed by atoms with Crippen LogP contribution in [0.25, 0.3) is 0 Å². The summed E-state index contributed by atoms with van der Waals surface area (Å²) in [5.74, 6) is 0.107. The van der Waals surface area contributed by atoms with Crippen molar-refractivity contribution in [2.45, 2.75) is 13.3 Å². The Hall–Kier alpha value is -2.32. The molecule has 0 radical (unpaired) electrons. The largest absolute Gasteiger partial charge is 0.408 e. The molecule has 1 saturated heterocycles. The summed E-state index contributed by atoms with van der Waals surface area (Å²) in [4.78, 5) is 21.9. The van der Waals surface area contributed by atoms with Crippen LogP contribution in [-0.2, 0) is 0 Å². The van der Waals surface area contributed by atoms with Crippen LogP contribution >= 0.6 is 0 Å². The van der Waals surface area contributed by atoms with Gasteiger partial charge in [0.05, 0.1) is 10.8 Å². The zero-order valence-electron chi connectivity index (χ0n) is 7.80. The van der Waals surface area contributed by atoms with Gasteiger partial charge >= 0.3 is 6.03 Å². The highest BCUT2D eigenvalue weighted by molar-refractivity contribution is 6.01. The molecule has 0 aliphatic carbocycles.